The molecule has 1 aliphatic heterocycles. The highest BCUT2D eigenvalue weighted by Crippen LogP contribution is 2.55. The van der Waals surface area contributed by atoms with Gasteiger partial charge in [-0.1, -0.05) is 137 Å². The average Bonchev–Trinajstić information content (AvgIpc) is 3.28. The maximum Gasteiger partial charge on any atom is 0.0503 e. The van der Waals surface area contributed by atoms with Crippen molar-refractivity contribution in [3.63, 3.8) is 0 Å². The minimum atomic E-state index is -0.154. The van der Waals surface area contributed by atoms with Gasteiger partial charge in [0.05, 0.1) is 11.4 Å². The number of anilines is 3. The summed E-state index contributed by atoms with van der Waals surface area (Å²) in [6.45, 7) is 9.50. The van der Waals surface area contributed by atoms with Crippen LogP contribution in [-0.2, 0) is 10.8 Å². The van der Waals surface area contributed by atoms with Crippen molar-refractivity contribution in [1.29, 1.82) is 0 Å². The summed E-state index contributed by atoms with van der Waals surface area (Å²) in [6, 6.07) is 51.4. The van der Waals surface area contributed by atoms with E-state index in [0.29, 0.717) is 0 Å². The van der Waals surface area contributed by atoms with Crippen LogP contribution < -0.4 is 4.90 Å². The van der Waals surface area contributed by atoms with Gasteiger partial charge in [-0.25, -0.2) is 0 Å². The van der Waals surface area contributed by atoms with Crippen molar-refractivity contribution in [3.8, 4) is 33.4 Å². The van der Waals surface area contributed by atoms with Crippen molar-refractivity contribution in [2.45, 2.75) is 38.5 Å². The highest BCUT2D eigenvalue weighted by atomic mass is 15.2. The Kier molecular flexibility index (Phi) is 5.59. The van der Waals surface area contributed by atoms with E-state index in [4.69, 9.17) is 0 Å². The maximum atomic E-state index is 2.46. The molecule has 43 heavy (non-hydrogen) atoms. The molecular formula is C42H35N. The molecule has 6 aromatic rings. The van der Waals surface area contributed by atoms with Crippen LogP contribution in [0.25, 0.3) is 33.4 Å². The van der Waals surface area contributed by atoms with Crippen molar-refractivity contribution in [3.05, 3.63) is 162 Å². The van der Waals surface area contributed by atoms with Gasteiger partial charge in [-0.3, -0.25) is 0 Å². The van der Waals surface area contributed by atoms with Gasteiger partial charge in [0.2, 0.25) is 0 Å². The largest absolute Gasteiger partial charge is 0.310 e. The van der Waals surface area contributed by atoms with Crippen LogP contribution in [0.2, 0.25) is 0 Å². The maximum absolute atomic E-state index is 2.46. The predicted molar refractivity (Wildman–Crippen MR) is 182 cm³/mol. The normalized spacial score (nSPS) is 15.3. The number of para-hydroxylation sites is 1. The quantitative estimate of drug-likeness (QED) is 0.211. The molecule has 0 saturated carbocycles. The monoisotopic (exact) mass is 553 g/mol. The van der Waals surface area contributed by atoms with Gasteiger partial charge in [-0.15, -0.1) is 0 Å². The standard InChI is InChI=1S/C42H35N/c1-41(2)36-19-10-11-20-38(36)43(31-24-21-29(22-25-31)28-13-6-5-7-14-28)39-26-23-30(27-37(39)41)32-16-12-17-34-33-15-8-9-18-35(33)42(3,4)40(32)34/h5-27H,1-4H3. The fourth-order valence-electron chi connectivity index (χ4n) is 7.67. The zero-order valence-corrected chi connectivity index (χ0v) is 25.2. The van der Waals surface area contributed by atoms with Gasteiger partial charge in [0.15, 0.2) is 0 Å². The Labute approximate surface area is 255 Å². The first-order valence-corrected chi connectivity index (χ1v) is 15.3. The Morgan fingerprint density at radius 3 is 1.77 bits per heavy atom. The van der Waals surface area contributed by atoms with Crippen LogP contribution in [0.5, 0.6) is 0 Å². The SMILES string of the molecule is CC1(C)c2ccccc2N(c2ccc(-c3ccccc3)cc2)c2ccc(-c3cccc4c3C(C)(C)c3ccccc3-4)cc21. The Morgan fingerprint density at radius 1 is 0.395 bits per heavy atom. The first-order chi connectivity index (χ1) is 20.9. The summed E-state index contributed by atoms with van der Waals surface area (Å²) >= 11 is 0. The Morgan fingerprint density at radius 2 is 0.977 bits per heavy atom. The van der Waals surface area contributed by atoms with Crippen LogP contribution >= 0.6 is 0 Å². The number of benzene rings is 6. The molecule has 1 nitrogen and oxygen atoms in total. The smallest absolute Gasteiger partial charge is 0.0503 e. The first-order valence-electron chi connectivity index (χ1n) is 15.3. The molecule has 6 aromatic carbocycles. The fourth-order valence-corrected chi connectivity index (χ4v) is 7.67. The second-order valence-corrected chi connectivity index (χ2v) is 13.0. The molecular weight excluding hydrogens is 518 g/mol. The summed E-state index contributed by atoms with van der Waals surface area (Å²) in [6.07, 6.45) is 0. The second kappa shape index (κ2) is 9.31. The summed E-state index contributed by atoms with van der Waals surface area (Å²) < 4.78 is 0. The van der Waals surface area contributed by atoms with E-state index in [9.17, 15) is 0 Å². The van der Waals surface area contributed by atoms with Crippen LogP contribution in [0, 0.1) is 0 Å². The van der Waals surface area contributed by atoms with Crippen LogP contribution in [0.4, 0.5) is 17.1 Å². The molecule has 208 valence electrons. The van der Waals surface area contributed by atoms with E-state index in [2.05, 4.69) is 172 Å². The summed E-state index contributed by atoms with van der Waals surface area (Å²) in [5.41, 5.74) is 16.8. The molecule has 0 atom stereocenters. The van der Waals surface area contributed by atoms with Crippen LogP contribution in [0.3, 0.4) is 0 Å². The van der Waals surface area contributed by atoms with Gasteiger partial charge in [-0.05, 0) is 86.0 Å². The third-order valence-electron chi connectivity index (χ3n) is 9.85. The van der Waals surface area contributed by atoms with Crippen LogP contribution in [0.1, 0.15) is 49.9 Å². The fraction of sp³-hybridized carbons (Fsp3) is 0.143. The highest BCUT2D eigenvalue weighted by Gasteiger charge is 2.39. The molecule has 1 heterocycles. The van der Waals surface area contributed by atoms with Gasteiger partial charge in [0, 0.05) is 16.5 Å². The van der Waals surface area contributed by atoms with E-state index >= 15 is 0 Å². The van der Waals surface area contributed by atoms with E-state index in [1.807, 2.05) is 0 Å². The van der Waals surface area contributed by atoms with E-state index in [1.165, 1.54) is 72.7 Å². The van der Waals surface area contributed by atoms with Gasteiger partial charge < -0.3 is 4.90 Å². The topological polar surface area (TPSA) is 3.24 Å². The summed E-state index contributed by atoms with van der Waals surface area (Å²) in [4.78, 5) is 2.45. The van der Waals surface area contributed by atoms with E-state index < -0.39 is 0 Å². The second-order valence-electron chi connectivity index (χ2n) is 13.0. The lowest BCUT2D eigenvalue weighted by molar-refractivity contribution is 0.632. The van der Waals surface area contributed by atoms with Crippen molar-refractivity contribution in [2.24, 2.45) is 0 Å². The molecule has 8 rings (SSSR count). The predicted octanol–water partition coefficient (Wildman–Crippen LogP) is 11.4. The molecule has 0 fully saturated rings. The van der Waals surface area contributed by atoms with Crippen LogP contribution in [-0.4, -0.2) is 0 Å². The molecule has 0 bridgehead atoms. The van der Waals surface area contributed by atoms with Crippen molar-refractivity contribution in [2.75, 3.05) is 4.90 Å². The molecule has 1 heteroatoms. The lowest BCUT2D eigenvalue weighted by atomic mass is 9.72. The van der Waals surface area contributed by atoms with Gasteiger partial charge in [-0.2, -0.15) is 0 Å². The number of fused-ring (bicyclic) bond motifs is 5. The van der Waals surface area contributed by atoms with Gasteiger partial charge in [0.25, 0.3) is 0 Å². The van der Waals surface area contributed by atoms with Crippen LogP contribution in [0.15, 0.2) is 140 Å². The third-order valence-corrected chi connectivity index (χ3v) is 9.85. The Bertz CT molecular complexity index is 2010. The Hall–Kier alpha value is -4.88. The molecule has 0 unspecified atom stereocenters. The summed E-state index contributed by atoms with van der Waals surface area (Å²) in [5.74, 6) is 0. The summed E-state index contributed by atoms with van der Waals surface area (Å²) in [7, 11) is 0. The van der Waals surface area contributed by atoms with Crippen molar-refractivity contribution < 1.29 is 0 Å². The molecule has 0 N–H and O–H groups in total. The lowest BCUT2D eigenvalue weighted by Crippen LogP contribution is -2.30. The minimum Gasteiger partial charge on any atom is -0.310 e. The molecule has 0 saturated heterocycles. The zero-order valence-electron chi connectivity index (χ0n) is 25.2. The molecule has 1 aliphatic carbocycles. The molecule has 0 amide bonds. The summed E-state index contributed by atoms with van der Waals surface area (Å²) in [5, 5.41) is 0. The van der Waals surface area contributed by atoms with E-state index in [-0.39, 0.29) is 10.8 Å². The Balaban J connectivity index is 1.30. The molecule has 0 aromatic heterocycles. The highest BCUT2D eigenvalue weighted by molar-refractivity contribution is 5.91. The van der Waals surface area contributed by atoms with Gasteiger partial charge in [0.1, 0.15) is 0 Å². The molecule has 0 spiro atoms. The average molecular weight is 554 g/mol. The van der Waals surface area contributed by atoms with Crippen molar-refractivity contribution >= 4 is 17.1 Å². The van der Waals surface area contributed by atoms with E-state index in [0.717, 1.165) is 0 Å². The third kappa shape index (κ3) is 3.78. The molecule has 0 radical (unpaired) electrons. The first kappa shape index (κ1) is 25.8. The minimum absolute atomic E-state index is 0.0624. The lowest BCUT2D eigenvalue weighted by Gasteiger charge is -2.42. The zero-order chi connectivity index (χ0) is 29.3. The number of hydrogen-bond acceptors (Lipinski definition) is 1. The van der Waals surface area contributed by atoms with Crippen molar-refractivity contribution in [1.82, 2.24) is 0 Å². The number of nitrogens with zero attached hydrogens (tertiary/aromatic N) is 1. The van der Waals surface area contributed by atoms with E-state index in [1.54, 1.807) is 0 Å². The molecule has 2 aliphatic rings. The number of rotatable bonds is 3. The number of hydrogen-bond donors (Lipinski definition) is 0. The van der Waals surface area contributed by atoms with Gasteiger partial charge >= 0.3 is 0 Å².